The van der Waals surface area contributed by atoms with E-state index in [0.29, 0.717) is 16.5 Å². The Bertz CT molecular complexity index is 787. The molecule has 0 radical (unpaired) electrons. The normalized spacial score (nSPS) is 11.7. The molecule has 0 aromatic heterocycles. The predicted molar refractivity (Wildman–Crippen MR) is 112 cm³/mol. The van der Waals surface area contributed by atoms with Crippen molar-refractivity contribution in [2.24, 2.45) is 0 Å². The van der Waals surface area contributed by atoms with Crippen molar-refractivity contribution in [3.8, 4) is 0 Å². The number of likely N-dealkylation sites (N-methyl/N-ethyl adjacent to an activating group) is 1. The van der Waals surface area contributed by atoms with E-state index in [-0.39, 0.29) is 24.1 Å². The highest BCUT2D eigenvalue weighted by Crippen LogP contribution is 2.25. The van der Waals surface area contributed by atoms with E-state index in [1.54, 1.807) is 24.1 Å². The van der Waals surface area contributed by atoms with Crippen molar-refractivity contribution in [3.05, 3.63) is 64.1 Å². The zero-order valence-corrected chi connectivity index (χ0v) is 17.6. The molecule has 0 saturated carbocycles. The molecule has 0 unspecified atom stereocenters. The Kier molecular flexibility index (Phi) is 8.48. The number of carbonyl (C=O) groups excluding carboxylic acids is 2. The van der Waals surface area contributed by atoms with Gasteiger partial charge in [0.1, 0.15) is 6.04 Å². The first-order chi connectivity index (χ1) is 13.0. The number of benzene rings is 2. The summed E-state index contributed by atoms with van der Waals surface area (Å²) in [7, 11) is 1.57. The molecule has 0 fully saturated rings. The summed E-state index contributed by atoms with van der Waals surface area (Å²) in [5.41, 5.74) is 0.824. The van der Waals surface area contributed by atoms with Gasteiger partial charge < -0.3 is 10.2 Å². The molecule has 7 heteroatoms. The summed E-state index contributed by atoms with van der Waals surface area (Å²) in [5.74, 6) is -0.0419. The fraction of sp³-hybridized carbons (Fsp3) is 0.300. The van der Waals surface area contributed by atoms with E-state index >= 15 is 0 Å². The van der Waals surface area contributed by atoms with E-state index in [2.05, 4.69) is 5.32 Å². The van der Waals surface area contributed by atoms with Crippen LogP contribution in [0.3, 0.4) is 0 Å². The molecule has 0 heterocycles. The van der Waals surface area contributed by atoms with Gasteiger partial charge in [0.15, 0.2) is 0 Å². The Labute approximate surface area is 174 Å². The monoisotopic (exact) mass is 424 g/mol. The number of nitrogens with zero attached hydrogens (tertiary/aromatic N) is 1. The second kappa shape index (κ2) is 10.6. The highest BCUT2D eigenvalue weighted by atomic mass is 35.5. The second-order valence-corrected chi connectivity index (χ2v) is 7.77. The van der Waals surface area contributed by atoms with Crippen molar-refractivity contribution < 1.29 is 9.59 Å². The lowest BCUT2D eigenvalue weighted by Crippen LogP contribution is -2.48. The molecule has 1 N–H and O–H groups in total. The molecule has 0 aliphatic rings. The molecule has 2 amide bonds. The molecule has 2 rings (SSSR count). The van der Waals surface area contributed by atoms with Crippen LogP contribution in [0.4, 0.5) is 0 Å². The van der Waals surface area contributed by atoms with Crippen molar-refractivity contribution >= 4 is 46.8 Å². The van der Waals surface area contributed by atoms with Gasteiger partial charge in [0, 0.05) is 18.5 Å². The number of carbonyl (C=O) groups is 2. The van der Waals surface area contributed by atoms with Crippen LogP contribution in [0.15, 0.2) is 53.4 Å². The molecule has 1 atom stereocenters. The first-order valence-corrected chi connectivity index (χ1v) is 10.3. The Morgan fingerprint density at radius 2 is 1.81 bits per heavy atom. The summed E-state index contributed by atoms with van der Waals surface area (Å²) >= 11 is 13.5. The summed E-state index contributed by atoms with van der Waals surface area (Å²) < 4.78 is 0. The number of rotatable bonds is 8. The number of hydrogen-bond acceptors (Lipinski definition) is 3. The quantitative estimate of drug-likeness (QED) is 0.627. The van der Waals surface area contributed by atoms with E-state index in [1.807, 2.05) is 43.3 Å². The van der Waals surface area contributed by atoms with E-state index in [1.165, 1.54) is 11.8 Å². The van der Waals surface area contributed by atoms with Crippen molar-refractivity contribution in [2.45, 2.75) is 30.8 Å². The lowest BCUT2D eigenvalue weighted by Gasteiger charge is -2.30. The number of halogens is 2. The average Bonchev–Trinajstić information content (AvgIpc) is 2.69. The Morgan fingerprint density at radius 3 is 2.41 bits per heavy atom. The molecule has 0 aliphatic carbocycles. The van der Waals surface area contributed by atoms with Crippen LogP contribution in [0.1, 0.15) is 18.9 Å². The van der Waals surface area contributed by atoms with E-state index in [0.717, 1.165) is 10.5 Å². The van der Waals surface area contributed by atoms with Gasteiger partial charge >= 0.3 is 0 Å². The zero-order valence-electron chi connectivity index (χ0n) is 15.2. The third-order valence-electron chi connectivity index (χ3n) is 4.07. The number of nitrogens with one attached hydrogen (secondary N) is 1. The summed E-state index contributed by atoms with van der Waals surface area (Å²) in [5, 5.41) is 3.52. The molecule has 4 nitrogen and oxygen atoms in total. The van der Waals surface area contributed by atoms with Gasteiger partial charge in [0.2, 0.25) is 11.8 Å². The highest BCUT2D eigenvalue weighted by molar-refractivity contribution is 8.00. The van der Waals surface area contributed by atoms with Gasteiger partial charge in [-0.05, 0) is 36.2 Å². The minimum atomic E-state index is -0.548. The van der Waals surface area contributed by atoms with Gasteiger partial charge in [-0.25, -0.2) is 0 Å². The van der Waals surface area contributed by atoms with Crippen LogP contribution in [-0.4, -0.2) is 35.6 Å². The predicted octanol–water partition coefficient (Wildman–Crippen LogP) is 4.64. The van der Waals surface area contributed by atoms with Crippen molar-refractivity contribution in [3.63, 3.8) is 0 Å². The topological polar surface area (TPSA) is 49.4 Å². The number of hydrogen-bond donors (Lipinski definition) is 1. The van der Waals surface area contributed by atoms with Crippen LogP contribution in [0.5, 0.6) is 0 Å². The maximum absolute atomic E-state index is 13.0. The smallest absolute Gasteiger partial charge is 0.242 e. The van der Waals surface area contributed by atoms with E-state index < -0.39 is 6.04 Å². The Morgan fingerprint density at radius 1 is 1.11 bits per heavy atom. The number of amides is 2. The van der Waals surface area contributed by atoms with Crippen molar-refractivity contribution in [1.29, 1.82) is 0 Å². The third kappa shape index (κ3) is 6.16. The Hall–Kier alpha value is -1.69. The molecule has 2 aromatic rings. The van der Waals surface area contributed by atoms with Crippen LogP contribution in [0.2, 0.25) is 10.0 Å². The van der Waals surface area contributed by atoms with Crippen LogP contribution in [0.25, 0.3) is 0 Å². The first-order valence-electron chi connectivity index (χ1n) is 8.59. The molecule has 0 bridgehead atoms. The maximum atomic E-state index is 13.0. The van der Waals surface area contributed by atoms with Gasteiger partial charge in [0.05, 0.1) is 15.8 Å². The Balaban J connectivity index is 2.20. The summed E-state index contributed by atoms with van der Waals surface area (Å²) in [6.45, 7) is 2.18. The van der Waals surface area contributed by atoms with Crippen LogP contribution >= 0.6 is 35.0 Å². The fourth-order valence-electron chi connectivity index (χ4n) is 2.67. The molecule has 27 heavy (non-hydrogen) atoms. The summed E-state index contributed by atoms with van der Waals surface area (Å²) in [6.07, 6.45) is 0.517. The summed E-state index contributed by atoms with van der Waals surface area (Å²) in [6, 6.07) is 14.4. The van der Waals surface area contributed by atoms with Crippen LogP contribution in [0, 0.1) is 0 Å². The van der Waals surface area contributed by atoms with Crippen molar-refractivity contribution in [2.75, 3.05) is 12.8 Å². The van der Waals surface area contributed by atoms with Gasteiger partial charge in [-0.15, -0.1) is 11.8 Å². The molecule has 0 saturated heterocycles. The summed E-state index contributed by atoms with van der Waals surface area (Å²) in [4.78, 5) is 27.9. The van der Waals surface area contributed by atoms with E-state index in [4.69, 9.17) is 23.2 Å². The van der Waals surface area contributed by atoms with Gasteiger partial charge in [-0.2, -0.15) is 0 Å². The average molecular weight is 425 g/mol. The van der Waals surface area contributed by atoms with Crippen LogP contribution < -0.4 is 5.32 Å². The standard InChI is InChI=1S/C20H22Cl2N2O2S/c1-3-18(20(26)23-2)24(12-14-9-10-16(21)17(22)11-14)19(25)13-27-15-7-5-4-6-8-15/h4-11,18H,3,12-13H2,1-2H3,(H,23,26)/t18-/m1/s1. The fourth-order valence-corrected chi connectivity index (χ4v) is 3.79. The molecule has 0 spiro atoms. The lowest BCUT2D eigenvalue weighted by atomic mass is 10.1. The maximum Gasteiger partial charge on any atom is 0.242 e. The minimum Gasteiger partial charge on any atom is -0.357 e. The van der Waals surface area contributed by atoms with Crippen molar-refractivity contribution in [1.82, 2.24) is 10.2 Å². The van der Waals surface area contributed by atoms with Gasteiger partial charge in [-0.1, -0.05) is 54.4 Å². The molecular weight excluding hydrogens is 403 g/mol. The molecular formula is C20H22Cl2N2O2S. The SMILES string of the molecule is CC[C@H](C(=O)NC)N(Cc1ccc(Cl)c(Cl)c1)C(=O)CSc1ccccc1. The largest absolute Gasteiger partial charge is 0.357 e. The molecule has 2 aromatic carbocycles. The molecule has 144 valence electrons. The zero-order chi connectivity index (χ0) is 19.8. The first kappa shape index (κ1) is 21.6. The highest BCUT2D eigenvalue weighted by Gasteiger charge is 2.28. The van der Waals surface area contributed by atoms with Crippen LogP contribution in [-0.2, 0) is 16.1 Å². The lowest BCUT2D eigenvalue weighted by molar-refractivity contribution is -0.139. The second-order valence-electron chi connectivity index (χ2n) is 5.91. The molecule has 0 aliphatic heterocycles. The minimum absolute atomic E-state index is 0.106. The number of thioether (sulfide) groups is 1. The van der Waals surface area contributed by atoms with Gasteiger partial charge in [0.25, 0.3) is 0 Å². The third-order valence-corrected chi connectivity index (χ3v) is 5.81. The van der Waals surface area contributed by atoms with Gasteiger partial charge in [-0.3, -0.25) is 9.59 Å². The van der Waals surface area contributed by atoms with E-state index in [9.17, 15) is 9.59 Å².